The van der Waals surface area contributed by atoms with Crippen LogP contribution < -0.4 is 10.6 Å². The topological polar surface area (TPSA) is 80.0 Å². The van der Waals surface area contributed by atoms with Crippen LogP contribution in [0.5, 0.6) is 0 Å². The molecule has 2 N–H and O–H groups in total. The predicted octanol–water partition coefficient (Wildman–Crippen LogP) is 3.40. The van der Waals surface area contributed by atoms with Gasteiger partial charge in [0.1, 0.15) is 11.9 Å². The first-order valence-electron chi connectivity index (χ1n) is 9.22. The molecular formula is C19H24ClFN4O2. The van der Waals surface area contributed by atoms with Crippen LogP contribution in [0.3, 0.4) is 0 Å². The number of carbonyl (C=O) groups excluding carboxylic acids is 1. The predicted molar refractivity (Wildman–Crippen MR) is 101 cm³/mol. The van der Waals surface area contributed by atoms with Crippen molar-refractivity contribution in [3.63, 3.8) is 0 Å². The molecule has 0 saturated carbocycles. The van der Waals surface area contributed by atoms with Gasteiger partial charge in [-0.05, 0) is 50.7 Å². The molecule has 0 aliphatic carbocycles. The number of hydrogen-bond donors (Lipinski definition) is 2. The lowest BCUT2D eigenvalue weighted by Crippen LogP contribution is -2.40. The first kappa shape index (κ1) is 19.8. The van der Waals surface area contributed by atoms with Crippen molar-refractivity contribution < 1.29 is 13.7 Å². The Morgan fingerprint density at radius 2 is 2.11 bits per heavy atom. The van der Waals surface area contributed by atoms with Crippen molar-refractivity contribution >= 4 is 18.3 Å². The molecule has 0 spiro atoms. The third-order valence-electron chi connectivity index (χ3n) is 5.32. The van der Waals surface area contributed by atoms with Crippen LogP contribution >= 0.6 is 12.4 Å². The molecular weight excluding hydrogens is 371 g/mol. The van der Waals surface area contributed by atoms with E-state index in [9.17, 15) is 9.18 Å². The van der Waals surface area contributed by atoms with Crippen LogP contribution in [0.4, 0.5) is 4.39 Å². The Balaban J connectivity index is 0.00000210. The van der Waals surface area contributed by atoms with E-state index in [1.807, 2.05) is 6.92 Å². The zero-order valence-electron chi connectivity index (χ0n) is 15.2. The third-order valence-corrected chi connectivity index (χ3v) is 5.32. The molecule has 2 bridgehead atoms. The molecule has 2 aromatic rings. The summed E-state index contributed by atoms with van der Waals surface area (Å²) in [5, 5.41) is 10.4. The summed E-state index contributed by atoms with van der Waals surface area (Å²) in [7, 11) is 0. The van der Waals surface area contributed by atoms with E-state index in [2.05, 4.69) is 20.8 Å². The second kappa shape index (κ2) is 8.35. The van der Waals surface area contributed by atoms with Crippen molar-refractivity contribution in [3.8, 4) is 11.4 Å². The second-order valence-electron chi connectivity index (χ2n) is 7.44. The maximum absolute atomic E-state index is 13.3. The molecule has 1 aromatic carbocycles. The van der Waals surface area contributed by atoms with Crippen molar-refractivity contribution in [2.24, 2.45) is 5.92 Å². The Bertz CT molecular complexity index is 788. The van der Waals surface area contributed by atoms with E-state index in [1.54, 1.807) is 12.1 Å². The van der Waals surface area contributed by atoms with Gasteiger partial charge in [-0.15, -0.1) is 12.4 Å². The summed E-state index contributed by atoms with van der Waals surface area (Å²) >= 11 is 0. The molecule has 27 heavy (non-hydrogen) atoms. The summed E-state index contributed by atoms with van der Waals surface area (Å²) in [5.41, 5.74) is 0.545. The molecule has 8 heteroatoms. The largest absolute Gasteiger partial charge is 0.345 e. The smallest absolute Gasteiger partial charge is 0.249 e. The van der Waals surface area contributed by atoms with Crippen LogP contribution in [0, 0.1) is 11.7 Å². The SMILES string of the molecule is CC(NC(=O)CC1CC2CCC(C1)N2)c1nc(-c2cccc(F)c2)no1.Cl. The third kappa shape index (κ3) is 4.65. The fourth-order valence-electron chi connectivity index (χ4n) is 4.12. The summed E-state index contributed by atoms with van der Waals surface area (Å²) in [6, 6.07) is 6.80. The number of nitrogens with zero attached hydrogens (tertiary/aromatic N) is 2. The summed E-state index contributed by atoms with van der Waals surface area (Å²) in [6.07, 6.45) is 5.13. The van der Waals surface area contributed by atoms with E-state index < -0.39 is 0 Å². The van der Waals surface area contributed by atoms with Crippen LogP contribution in [0.2, 0.25) is 0 Å². The number of halogens is 2. The molecule has 1 aromatic heterocycles. The van der Waals surface area contributed by atoms with Crippen molar-refractivity contribution in [2.75, 3.05) is 0 Å². The summed E-state index contributed by atoms with van der Waals surface area (Å²) < 4.78 is 18.6. The number of amides is 1. The maximum atomic E-state index is 13.3. The molecule has 3 unspecified atom stereocenters. The number of rotatable bonds is 5. The number of aromatic nitrogens is 2. The second-order valence-corrected chi connectivity index (χ2v) is 7.44. The highest BCUT2D eigenvalue weighted by Crippen LogP contribution is 2.32. The van der Waals surface area contributed by atoms with Gasteiger partial charge in [0.2, 0.25) is 17.6 Å². The van der Waals surface area contributed by atoms with E-state index in [4.69, 9.17) is 4.52 Å². The first-order valence-corrected chi connectivity index (χ1v) is 9.22. The van der Waals surface area contributed by atoms with Gasteiger partial charge < -0.3 is 15.2 Å². The monoisotopic (exact) mass is 394 g/mol. The number of fused-ring (bicyclic) bond motifs is 2. The molecule has 0 radical (unpaired) electrons. The highest BCUT2D eigenvalue weighted by Gasteiger charge is 2.34. The minimum atomic E-state index is -0.379. The molecule has 2 saturated heterocycles. The lowest BCUT2D eigenvalue weighted by molar-refractivity contribution is -0.123. The van der Waals surface area contributed by atoms with Crippen molar-refractivity contribution in [2.45, 2.75) is 57.2 Å². The maximum Gasteiger partial charge on any atom is 0.249 e. The van der Waals surface area contributed by atoms with Gasteiger partial charge in [-0.1, -0.05) is 17.3 Å². The zero-order chi connectivity index (χ0) is 18.1. The van der Waals surface area contributed by atoms with Gasteiger partial charge in [0, 0.05) is 24.1 Å². The molecule has 4 rings (SSSR count). The molecule has 146 valence electrons. The Hall–Kier alpha value is -1.99. The number of benzene rings is 1. The highest BCUT2D eigenvalue weighted by atomic mass is 35.5. The minimum Gasteiger partial charge on any atom is -0.345 e. The van der Waals surface area contributed by atoms with E-state index in [-0.39, 0.29) is 30.2 Å². The van der Waals surface area contributed by atoms with E-state index in [0.717, 1.165) is 12.8 Å². The van der Waals surface area contributed by atoms with Gasteiger partial charge in [0.05, 0.1) is 0 Å². The number of hydrogen-bond acceptors (Lipinski definition) is 5. The summed E-state index contributed by atoms with van der Waals surface area (Å²) in [5.74, 6) is 0.727. The van der Waals surface area contributed by atoms with Crippen LogP contribution in [0.15, 0.2) is 28.8 Å². The number of piperidine rings is 1. The van der Waals surface area contributed by atoms with Gasteiger partial charge in [-0.25, -0.2) is 4.39 Å². The molecule has 3 heterocycles. The van der Waals surface area contributed by atoms with Gasteiger partial charge in [0.15, 0.2) is 0 Å². The Morgan fingerprint density at radius 1 is 1.37 bits per heavy atom. The Labute approximate surface area is 163 Å². The number of carbonyl (C=O) groups is 1. The van der Waals surface area contributed by atoms with Crippen molar-refractivity contribution in [1.82, 2.24) is 20.8 Å². The van der Waals surface area contributed by atoms with E-state index >= 15 is 0 Å². The van der Waals surface area contributed by atoms with Crippen LogP contribution in [0.1, 0.15) is 51.0 Å². The van der Waals surface area contributed by atoms with Crippen molar-refractivity contribution in [1.29, 1.82) is 0 Å². The van der Waals surface area contributed by atoms with E-state index in [0.29, 0.717) is 41.7 Å². The lowest BCUT2D eigenvalue weighted by Gasteiger charge is -2.28. The summed E-state index contributed by atoms with van der Waals surface area (Å²) in [4.78, 5) is 16.7. The molecule has 2 aliphatic heterocycles. The fourth-order valence-corrected chi connectivity index (χ4v) is 4.12. The Kier molecular flexibility index (Phi) is 6.11. The summed E-state index contributed by atoms with van der Waals surface area (Å²) in [6.45, 7) is 1.81. The normalized spacial score (nSPS) is 24.9. The molecule has 2 aliphatic rings. The van der Waals surface area contributed by atoms with Crippen LogP contribution in [-0.4, -0.2) is 28.1 Å². The molecule has 6 nitrogen and oxygen atoms in total. The van der Waals surface area contributed by atoms with Gasteiger partial charge in [-0.3, -0.25) is 4.79 Å². The van der Waals surface area contributed by atoms with Gasteiger partial charge >= 0.3 is 0 Å². The standard InChI is InChI=1S/C19H23FN4O2.ClH/c1-11(19-23-18(24-26-19)13-3-2-4-14(20)10-13)21-17(25)9-12-7-15-5-6-16(8-12)22-15;/h2-4,10-12,15-16,22H,5-9H2,1H3,(H,21,25);1H. The zero-order valence-corrected chi connectivity index (χ0v) is 16.0. The fraction of sp³-hybridized carbons (Fsp3) is 0.526. The average molecular weight is 395 g/mol. The molecule has 1 amide bonds. The highest BCUT2D eigenvalue weighted by molar-refractivity contribution is 5.85. The van der Waals surface area contributed by atoms with E-state index in [1.165, 1.54) is 25.0 Å². The molecule has 3 atom stereocenters. The van der Waals surface area contributed by atoms with Crippen LogP contribution in [0.25, 0.3) is 11.4 Å². The quantitative estimate of drug-likeness (QED) is 0.812. The van der Waals surface area contributed by atoms with Gasteiger partial charge in [-0.2, -0.15) is 4.98 Å². The van der Waals surface area contributed by atoms with Gasteiger partial charge in [0.25, 0.3) is 0 Å². The molecule has 2 fully saturated rings. The number of nitrogens with one attached hydrogen (secondary N) is 2. The first-order chi connectivity index (χ1) is 12.6. The average Bonchev–Trinajstić information content (AvgIpc) is 3.22. The van der Waals surface area contributed by atoms with Crippen LogP contribution in [-0.2, 0) is 4.79 Å². The van der Waals surface area contributed by atoms with Crippen molar-refractivity contribution in [3.05, 3.63) is 36.0 Å². The minimum absolute atomic E-state index is 0. The Morgan fingerprint density at radius 3 is 2.81 bits per heavy atom. The lowest BCUT2D eigenvalue weighted by atomic mass is 9.89.